The van der Waals surface area contributed by atoms with Crippen molar-refractivity contribution < 1.29 is 13.9 Å². The summed E-state index contributed by atoms with van der Waals surface area (Å²) in [6.45, 7) is 2.82. The molecular weight excluding hydrogens is 135 g/mol. The standard InChI is InChI=1S/C7H11FO2/c1-3-6(5-8)7(9)10-4-2/h3H,4-5H2,1-2H3/b6-3+. The molecule has 0 aliphatic heterocycles. The van der Waals surface area contributed by atoms with Gasteiger partial charge in [-0.3, -0.25) is 0 Å². The Balaban J connectivity index is 3.91. The fourth-order valence-electron chi connectivity index (χ4n) is 0.473. The van der Waals surface area contributed by atoms with Gasteiger partial charge in [0.25, 0.3) is 0 Å². The second kappa shape index (κ2) is 4.97. The van der Waals surface area contributed by atoms with E-state index < -0.39 is 12.6 Å². The molecule has 0 atom stereocenters. The van der Waals surface area contributed by atoms with Crippen molar-refractivity contribution in [1.29, 1.82) is 0 Å². The molecule has 0 spiro atoms. The molecular formula is C7H11FO2. The van der Waals surface area contributed by atoms with Crippen molar-refractivity contribution in [1.82, 2.24) is 0 Å². The molecule has 3 heteroatoms. The molecule has 0 radical (unpaired) electrons. The molecule has 0 heterocycles. The van der Waals surface area contributed by atoms with Gasteiger partial charge in [-0.05, 0) is 13.8 Å². The fourth-order valence-corrected chi connectivity index (χ4v) is 0.473. The minimum atomic E-state index is -0.755. The number of alkyl halides is 1. The van der Waals surface area contributed by atoms with Crippen LogP contribution in [0.15, 0.2) is 11.6 Å². The second-order valence-electron chi connectivity index (χ2n) is 1.67. The largest absolute Gasteiger partial charge is 0.463 e. The van der Waals surface area contributed by atoms with E-state index >= 15 is 0 Å². The van der Waals surface area contributed by atoms with Crippen LogP contribution in [0.3, 0.4) is 0 Å². The van der Waals surface area contributed by atoms with Gasteiger partial charge in [0.05, 0.1) is 12.2 Å². The molecule has 0 aliphatic carbocycles. The maximum atomic E-state index is 11.9. The zero-order chi connectivity index (χ0) is 7.98. The molecule has 0 bridgehead atoms. The van der Waals surface area contributed by atoms with Crippen molar-refractivity contribution in [3.05, 3.63) is 11.6 Å². The summed E-state index contributed by atoms with van der Waals surface area (Å²) in [6, 6.07) is 0. The lowest BCUT2D eigenvalue weighted by Crippen LogP contribution is -2.08. The Labute approximate surface area is 59.7 Å². The second-order valence-corrected chi connectivity index (χ2v) is 1.67. The third-order valence-electron chi connectivity index (χ3n) is 1.03. The number of hydrogen-bond acceptors (Lipinski definition) is 2. The highest BCUT2D eigenvalue weighted by Crippen LogP contribution is 1.97. The van der Waals surface area contributed by atoms with Crippen LogP contribution in [-0.4, -0.2) is 19.3 Å². The van der Waals surface area contributed by atoms with E-state index in [9.17, 15) is 9.18 Å². The summed E-state index contributed by atoms with van der Waals surface area (Å²) in [5.74, 6) is -0.562. The van der Waals surface area contributed by atoms with Gasteiger partial charge in [-0.2, -0.15) is 0 Å². The highest BCUT2D eigenvalue weighted by Gasteiger charge is 2.07. The summed E-state index contributed by atoms with van der Waals surface area (Å²) < 4.78 is 16.4. The van der Waals surface area contributed by atoms with E-state index in [0.29, 0.717) is 0 Å². The normalized spacial score (nSPS) is 11.3. The molecule has 0 aromatic rings. The summed E-state index contributed by atoms with van der Waals surface area (Å²) >= 11 is 0. The monoisotopic (exact) mass is 146 g/mol. The predicted octanol–water partition coefficient (Wildman–Crippen LogP) is 1.47. The topological polar surface area (TPSA) is 26.3 Å². The smallest absolute Gasteiger partial charge is 0.336 e. The van der Waals surface area contributed by atoms with Gasteiger partial charge in [0.2, 0.25) is 0 Å². The van der Waals surface area contributed by atoms with Gasteiger partial charge in [0, 0.05) is 0 Å². The van der Waals surface area contributed by atoms with Gasteiger partial charge in [-0.25, -0.2) is 9.18 Å². The number of halogens is 1. The molecule has 0 aliphatic rings. The summed E-state index contributed by atoms with van der Waals surface area (Å²) in [7, 11) is 0. The summed E-state index contributed by atoms with van der Waals surface area (Å²) in [6.07, 6.45) is 1.41. The van der Waals surface area contributed by atoms with E-state index in [1.807, 2.05) is 0 Å². The predicted molar refractivity (Wildman–Crippen MR) is 36.4 cm³/mol. The molecule has 0 aromatic carbocycles. The third-order valence-corrected chi connectivity index (χ3v) is 1.03. The van der Waals surface area contributed by atoms with E-state index in [2.05, 4.69) is 4.74 Å². The molecule has 58 valence electrons. The fraction of sp³-hybridized carbons (Fsp3) is 0.571. The summed E-state index contributed by atoms with van der Waals surface area (Å²) in [4.78, 5) is 10.7. The molecule has 0 aromatic heterocycles. The minimum Gasteiger partial charge on any atom is -0.463 e. The Bertz CT molecular complexity index is 141. The Morgan fingerprint density at radius 2 is 2.30 bits per heavy atom. The van der Waals surface area contributed by atoms with Gasteiger partial charge in [0.15, 0.2) is 0 Å². The van der Waals surface area contributed by atoms with Crippen LogP contribution >= 0.6 is 0 Å². The minimum absolute atomic E-state index is 0.0850. The van der Waals surface area contributed by atoms with Crippen LogP contribution in [0.4, 0.5) is 4.39 Å². The maximum absolute atomic E-state index is 11.9. The summed E-state index contributed by atoms with van der Waals surface area (Å²) in [5.41, 5.74) is 0.0850. The number of ether oxygens (including phenoxy) is 1. The van der Waals surface area contributed by atoms with Crippen molar-refractivity contribution in [3.63, 3.8) is 0 Å². The van der Waals surface area contributed by atoms with Crippen molar-refractivity contribution >= 4 is 5.97 Å². The van der Waals surface area contributed by atoms with E-state index in [0.717, 1.165) is 0 Å². The van der Waals surface area contributed by atoms with Crippen LogP contribution in [0.2, 0.25) is 0 Å². The Kier molecular flexibility index (Phi) is 4.54. The van der Waals surface area contributed by atoms with Gasteiger partial charge in [-0.15, -0.1) is 0 Å². The van der Waals surface area contributed by atoms with Crippen molar-refractivity contribution in [3.8, 4) is 0 Å². The molecule has 0 fully saturated rings. The average Bonchev–Trinajstić information content (AvgIpc) is 1.91. The molecule has 0 N–H and O–H groups in total. The third kappa shape index (κ3) is 2.62. The van der Waals surface area contributed by atoms with Crippen LogP contribution < -0.4 is 0 Å². The number of esters is 1. The Morgan fingerprint density at radius 3 is 2.60 bits per heavy atom. The van der Waals surface area contributed by atoms with Gasteiger partial charge in [0.1, 0.15) is 6.67 Å². The summed E-state index contributed by atoms with van der Waals surface area (Å²) in [5, 5.41) is 0. The van der Waals surface area contributed by atoms with E-state index in [1.54, 1.807) is 13.8 Å². The zero-order valence-electron chi connectivity index (χ0n) is 6.19. The lowest BCUT2D eigenvalue weighted by molar-refractivity contribution is -0.138. The van der Waals surface area contributed by atoms with Crippen molar-refractivity contribution in [2.75, 3.05) is 13.3 Å². The first-order chi connectivity index (χ1) is 4.76. The highest BCUT2D eigenvalue weighted by atomic mass is 19.1. The van der Waals surface area contributed by atoms with Gasteiger partial charge in [-0.1, -0.05) is 6.08 Å². The number of allylic oxidation sites excluding steroid dienone is 1. The Hall–Kier alpha value is -0.860. The van der Waals surface area contributed by atoms with Gasteiger partial charge < -0.3 is 4.74 Å². The van der Waals surface area contributed by atoms with Crippen molar-refractivity contribution in [2.24, 2.45) is 0 Å². The lowest BCUT2D eigenvalue weighted by Gasteiger charge is -2.00. The Morgan fingerprint density at radius 1 is 1.70 bits per heavy atom. The van der Waals surface area contributed by atoms with E-state index in [1.165, 1.54) is 6.08 Å². The van der Waals surface area contributed by atoms with E-state index in [-0.39, 0.29) is 12.2 Å². The van der Waals surface area contributed by atoms with Crippen LogP contribution in [0.25, 0.3) is 0 Å². The van der Waals surface area contributed by atoms with Crippen LogP contribution in [0.5, 0.6) is 0 Å². The highest BCUT2D eigenvalue weighted by molar-refractivity contribution is 5.88. The molecule has 10 heavy (non-hydrogen) atoms. The molecule has 0 amide bonds. The van der Waals surface area contributed by atoms with Crippen LogP contribution in [-0.2, 0) is 9.53 Å². The number of rotatable bonds is 3. The molecule has 0 saturated carbocycles. The average molecular weight is 146 g/mol. The SMILES string of the molecule is C/C=C(\CF)C(=O)OCC. The first-order valence-corrected chi connectivity index (χ1v) is 3.14. The first kappa shape index (κ1) is 9.14. The maximum Gasteiger partial charge on any atom is 0.336 e. The van der Waals surface area contributed by atoms with Crippen LogP contribution in [0, 0.1) is 0 Å². The molecule has 0 rings (SSSR count). The molecule has 0 saturated heterocycles. The molecule has 0 unspecified atom stereocenters. The molecule has 2 nitrogen and oxygen atoms in total. The zero-order valence-corrected chi connectivity index (χ0v) is 6.19. The van der Waals surface area contributed by atoms with E-state index in [4.69, 9.17) is 0 Å². The quantitative estimate of drug-likeness (QED) is 0.445. The van der Waals surface area contributed by atoms with Crippen LogP contribution in [0.1, 0.15) is 13.8 Å². The lowest BCUT2D eigenvalue weighted by atomic mass is 10.3. The first-order valence-electron chi connectivity index (χ1n) is 3.14. The number of carbonyl (C=O) groups excluding carboxylic acids is 1. The number of hydrogen-bond donors (Lipinski definition) is 0. The number of carbonyl (C=O) groups is 1. The van der Waals surface area contributed by atoms with Gasteiger partial charge >= 0.3 is 5.97 Å². The van der Waals surface area contributed by atoms with Crippen molar-refractivity contribution in [2.45, 2.75) is 13.8 Å².